The molecule has 1 aliphatic carbocycles. The molecular formula is C14H17N3O3S2. The predicted octanol–water partition coefficient (Wildman–Crippen LogP) is 1.69. The van der Waals surface area contributed by atoms with Crippen LogP contribution < -0.4 is 5.32 Å². The quantitative estimate of drug-likeness (QED) is 0.899. The summed E-state index contributed by atoms with van der Waals surface area (Å²) in [4.78, 5) is 13.0. The Morgan fingerprint density at radius 1 is 1.45 bits per heavy atom. The van der Waals surface area contributed by atoms with Gasteiger partial charge in [0.25, 0.3) is 5.91 Å². The Bertz CT molecular complexity index is 816. The van der Waals surface area contributed by atoms with Crippen molar-refractivity contribution in [1.82, 2.24) is 15.1 Å². The average Bonchev–Trinajstić information content (AvgIpc) is 3.03. The SMILES string of the molecule is Cn1nc(C2CC2)cc1C(=O)NCc1ccc(S(C)(=O)=O)s1. The molecule has 0 spiro atoms. The summed E-state index contributed by atoms with van der Waals surface area (Å²) in [6, 6.07) is 5.13. The number of aromatic nitrogens is 2. The molecule has 0 aromatic carbocycles. The molecule has 0 aliphatic heterocycles. The van der Waals surface area contributed by atoms with Gasteiger partial charge in [-0.05, 0) is 31.0 Å². The number of sulfone groups is 1. The molecule has 2 aromatic heterocycles. The second kappa shape index (κ2) is 5.51. The minimum atomic E-state index is -3.19. The molecule has 22 heavy (non-hydrogen) atoms. The lowest BCUT2D eigenvalue weighted by molar-refractivity contribution is 0.0942. The van der Waals surface area contributed by atoms with Gasteiger partial charge in [0.1, 0.15) is 9.90 Å². The van der Waals surface area contributed by atoms with Crippen LogP contribution in [0.25, 0.3) is 0 Å². The van der Waals surface area contributed by atoms with Crippen LogP contribution in [-0.4, -0.2) is 30.4 Å². The number of nitrogens with one attached hydrogen (secondary N) is 1. The highest BCUT2D eigenvalue weighted by Crippen LogP contribution is 2.39. The molecule has 1 N–H and O–H groups in total. The Morgan fingerprint density at radius 2 is 2.18 bits per heavy atom. The van der Waals surface area contributed by atoms with Gasteiger partial charge in [0.05, 0.1) is 12.2 Å². The van der Waals surface area contributed by atoms with Crippen molar-refractivity contribution in [1.29, 1.82) is 0 Å². The minimum Gasteiger partial charge on any atom is -0.346 e. The third-order valence-electron chi connectivity index (χ3n) is 3.55. The molecule has 0 bridgehead atoms. The fourth-order valence-electron chi connectivity index (χ4n) is 2.19. The van der Waals surface area contributed by atoms with E-state index in [9.17, 15) is 13.2 Å². The van der Waals surface area contributed by atoms with Gasteiger partial charge >= 0.3 is 0 Å². The summed E-state index contributed by atoms with van der Waals surface area (Å²) in [5.41, 5.74) is 1.50. The summed E-state index contributed by atoms with van der Waals surface area (Å²) in [5.74, 6) is 0.304. The summed E-state index contributed by atoms with van der Waals surface area (Å²) < 4.78 is 24.8. The van der Waals surface area contributed by atoms with Crippen LogP contribution in [0.15, 0.2) is 22.4 Å². The number of hydrogen-bond acceptors (Lipinski definition) is 5. The molecule has 1 fully saturated rings. The van der Waals surface area contributed by atoms with Gasteiger partial charge < -0.3 is 5.32 Å². The van der Waals surface area contributed by atoms with Crippen LogP contribution in [-0.2, 0) is 23.4 Å². The van der Waals surface area contributed by atoms with E-state index in [0.717, 1.165) is 23.4 Å². The van der Waals surface area contributed by atoms with E-state index in [4.69, 9.17) is 0 Å². The lowest BCUT2D eigenvalue weighted by Gasteiger charge is -2.03. The molecule has 0 radical (unpaired) electrons. The lowest BCUT2D eigenvalue weighted by atomic mass is 10.2. The molecule has 6 nitrogen and oxygen atoms in total. The standard InChI is InChI=1S/C14H17N3O3S2/c1-17-12(7-11(16-17)9-3-4-9)14(18)15-8-10-5-6-13(21-10)22(2,19)20/h5-7,9H,3-4,8H2,1-2H3,(H,15,18). The second-order valence-electron chi connectivity index (χ2n) is 5.53. The molecule has 3 rings (SSSR count). The number of thiophene rings is 1. The molecule has 1 amide bonds. The Balaban J connectivity index is 1.66. The highest BCUT2D eigenvalue weighted by Gasteiger charge is 2.28. The Labute approximate surface area is 133 Å². The van der Waals surface area contributed by atoms with Crippen molar-refractivity contribution in [3.05, 3.63) is 34.5 Å². The summed E-state index contributed by atoms with van der Waals surface area (Å²) in [5, 5.41) is 7.17. The molecule has 1 saturated carbocycles. The number of amides is 1. The van der Waals surface area contributed by atoms with E-state index < -0.39 is 9.84 Å². The van der Waals surface area contributed by atoms with Gasteiger partial charge in [-0.3, -0.25) is 9.48 Å². The third kappa shape index (κ3) is 3.22. The Hall–Kier alpha value is -1.67. The maximum Gasteiger partial charge on any atom is 0.269 e. The van der Waals surface area contributed by atoms with Crippen LogP contribution in [0.3, 0.4) is 0 Å². The minimum absolute atomic E-state index is 0.198. The number of carbonyl (C=O) groups excluding carboxylic acids is 1. The fourth-order valence-corrected chi connectivity index (χ4v) is 4.11. The first-order valence-corrected chi connectivity index (χ1v) is 9.66. The van der Waals surface area contributed by atoms with Gasteiger partial charge in [-0.1, -0.05) is 0 Å². The largest absolute Gasteiger partial charge is 0.346 e. The maximum atomic E-state index is 12.2. The van der Waals surface area contributed by atoms with E-state index in [1.165, 1.54) is 17.6 Å². The highest BCUT2D eigenvalue weighted by molar-refractivity contribution is 7.92. The molecule has 118 valence electrons. The van der Waals surface area contributed by atoms with Gasteiger partial charge in [0.15, 0.2) is 9.84 Å². The zero-order valence-corrected chi connectivity index (χ0v) is 14.0. The van der Waals surface area contributed by atoms with Crippen molar-refractivity contribution in [2.24, 2.45) is 7.05 Å². The number of nitrogens with zero attached hydrogens (tertiary/aromatic N) is 2. The van der Waals surface area contributed by atoms with Crippen molar-refractivity contribution in [3.8, 4) is 0 Å². The van der Waals surface area contributed by atoms with Crippen molar-refractivity contribution >= 4 is 27.1 Å². The van der Waals surface area contributed by atoms with Gasteiger partial charge in [-0.2, -0.15) is 5.10 Å². The van der Waals surface area contributed by atoms with Crippen molar-refractivity contribution in [3.63, 3.8) is 0 Å². The first kappa shape index (κ1) is 15.2. The molecule has 8 heteroatoms. The van der Waals surface area contributed by atoms with E-state index in [1.807, 2.05) is 6.07 Å². The molecule has 0 unspecified atom stereocenters. The van der Waals surface area contributed by atoms with Gasteiger partial charge in [-0.25, -0.2) is 8.42 Å². The predicted molar refractivity (Wildman–Crippen MR) is 83.8 cm³/mol. The van der Waals surface area contributed by atoms with Crippen LogP contribution in [0.5, 0.6) is 0 Å². The van der Waals surface area contributed by atoms with Gasteiger partial charge in [0, 0.05) is 24.1 Å². The first-order valence-electron chi connectivity index (χ1n) is 6.95. The fraction of sp³-hybridized carbons (Fsp3) is 0.429. The van der Waals surface area contributed by atoms with Crippen LogP contribution in [0, 0.1) is 0 Å². The van der Waals surface area contributed by atoms with Crippen LogP contribution >= 0.6 is 11.3 Å². The number of rotatable bonds is 5. The monoisotopic (exact) mass is 339 g/mol. The van der Waals surface area contributed by atoms with Crippen molar-refractivity contribution in [2.45, 2.75) is 29.5 Å². The van der Waals surface area contributed by atoms with E-state index in [0.29, 0.717) is 22.4 Å². The second-order valence-corrected chi connectivity index (χ2v) is 8.94. The summed E-state index contributed by atoms with van der Waals surface area (Å²) in [6.07, 6.45) is 3.46. The molecule has 0 atom stereocenters. The van der Waals surface area contributed by atoms with Crippen LogP contribution in [0.4, 0.5) is 0 Å². The lowest BCUT2D eigenvalue weighted by Crippen LogP contribution is -2.24. The van der Waals surface area contributed by atoms with E-state index in [2.05, 4.69) is 10.4 Å². The Kier molecular flexibility index (Phi) is 3.82. The average molecular weight is 339 g/mol. The summed E-state index contributed by atoms with van der Waals surface area (Å²) >= 11 is 1.18. The maximum absolute atomic E-state index is 12.2. The van der Waals surface area contributed by atoms with Crippen LogP contribution in [0.2, 0.25) is 0 Å². The smallest absolute Gasteiger partial charge is 0.269 e. The van der Waals surface area contributed by atoms with Gasteiger partial charge in [0.2, 0.25) is 0 Å². The van der Waals surface area contributed by atoms with Crippen molar-refractivity contribution < 1.29 is 13.2 Å². The zero-order valence-electron chi connectivity index (χ0n) is 12.4. The number of hydrogen-bond donors (Lipinski definition) is 1. The summed E-state index contributed by atoms with van der Waals surface area (Å²) in [6.45, 7) is 0.308. The molecule has 1 aliphatic rings. The summed E-state index contributed by atoms with van der Waals surface area (Å²) in [7, 11) is -1.43. The molecular weight excluding hydrogens is 322 g/mol. The molecule has 0 saturated heterocycles. The third-order valence-corrected chi connectivity index (χ3v) is 6.46. The van der Waals surface area contributed by atoms with E-state index in [1.54, 1.807) is 23.9 Å². The molecule has 2 aromatic rings. The highest BCUT2D eigenvalue weighted by atomic mass is 32.2. The van der Waals surface area contributed by atoms with E-state index in [-0.39, 0.29) is 5.91 Å². The first-order chi connectivity index (χ1) is 10.3. The van der Waals surface area contributed by atoms with Crippen molar-refractivity contribution in [2.75, 3.05) is 6.26 Å². The Morgan fingerprint density at radius 3 is 2.77 bits per heavy atom. The topological polar surface area (TPSA) is 81.1 Å². The number of aryl methyl sites for hydroxylation is 1. The van der Waals surface area contributed by atoms with Gasteiger partial charge in [-0.15, -0.1) is 11.3 Å². The molecule has 2 heterocycles. The zero-order chi connectivity index (χ0) is 15.9. The normalized spacial score (nSPS) is 15.0. The van der Waals surface area contributed by atoms with E-state index >= 15 is 0 Å². The van der Waals surface area contributed by atoms with Crippen LogP contribution in [0.1, 0.15) is 39.8 Å². The number of carbonyl (C=O) groups is 1.